The molecule has 5 aromatic rings. The molecule has 0 saturated heterocycles. The molecule has 0 N–H and O–H groups in total. The molecular weight excluding hydrogens is 588 g/mol. The van der Waals surface area contributed by atoms with Crippen LogP contribution >= 0.6 is 0 Å². The minimum Gasteiger partial charge on any atom is -0.488 e. The quantitative estimate of drug-likeness (QED) is 0.0897. The summed E-state index contributed by atoms with van der Waals surface area (Å²) in [4.78, 5) is 25.7. The van der Waals surface area contributed by atoms with Crippen LogP contribution in [0, 0.1) is 0 Å². The predicted octanol–water partition coefficient (Wildman–Crippen LogP) is 9.71. The van der Waals surface area contributed by atoms with Gasteiger partial charge in [0.2, 0.25) is 0 Å². The van der Waals surface area contributed by atoms with E-state index in [0.717, 1.165) is 28.0 Å². The van der Waals surface area contributed by atoms with Gasteiger partial charge in [-0.25, -0.2) is 9.59 Å². The zero-order valence-electron chi connectivity index (χ0n) is 28.0. The fourth-order valence-electron chi connectivity index (χ4n) is 5.45. The van der Waals surface area contributed by atoms with Crippen molar-refractivity contribution in [3.05, 3.63) is 120 Å². The van der Waals surface area contributed by atoms with E-state index in [2.05, 4.69) is 39.0 Å². The van der Waals surface area contributed by atoms with Gasteiger partial charge in [0, 0.05) is 21.5 Å². The monoisotopic (exact) mass is 632 g/mol. The lowest BCUT2D eigenvalue weighted by Crippen LogP contribution is -2.25. The molecule has 6 heteroatoms. The first-order chi connectivity index (χ1) is 22.7. The van der Waals surface area contributed by atoms with Crippen LogP contribution in [0.4, 0.5) is 0 Å². The number of carbonyl (C=O) groups excluding carboxylic acids is 2. The molecule has 0 aliphatic rings. The van der Waals surface area contributed by atoms with Crippen molar-refractivity contribution in [2.24, 2.45) is 0 Å². The molecule has 47 heavy (non-hydrogen) atoms. The Kier molecular flexibility index (Phi) is 10.8. The molecule has 0 saturated carbocycles. The van der Waals surface area contributed by atoms with Crippen molar-refractivity contribution in [2.45, 2.75) is 71.5 Å². The summed E-state index contributed by atoms with van der Waals surface area (Å²) in [5.74, 6) is 0.684. The molecule has 0 heterocycles. The lowest BCUT2D eigenvalue weighted by molar-refractivity contribution is 0.0159. The van der Waals surface area contributed by atoms with Crippen molar-refractivity contribution in [1.82, 2.24) is 0 Å². The second-order valence-electron chi connectivity index (χ2n) is 12.4. The minimum atomic E-state index is -0.438. The maximum Gasteiger partial charge on any atom is 0.338 e. The first-order valence-electron chi connectivity index (χ1n) is 16.5. The molecule has 2 atom stereocenters. The van der Waals surface area contributed by atoms with E-state index in [1.165, 1.54) is 5.56 Å². The highest BCUT2D eigenvalue weighted by atomic mass is 16.6. The summed E-state index contributed by atoms with van der Waals surface area (Å²) in [6.45, 7) is 11.0. The second kappa shape index (κ2) is 15.2. The van der Waals surface area contributed by atoms with E-state index in [9.17, 15) is 9.59 Å². The zero-order valence-corrected chi connectivity index (χ0v) is 28.0. The summed E-state index contributed by atoms with van der Waals surface area (Å²) in [5.41, 5.74) is 2.14. The Bertz CT molecular complexity index is 1810. The number of esters is 2. The number of hydrogen-bond acceptors (Lipinski definition) is 6. The third-order valence-corrected chi connectivity index (χ3v) is 8.89. The highest BCUT2D eigenvalue weighted by molar-refractivity contribution is 6.11. The lowest BCUT2D eigenvalue weighted by Gasteiger charge is -2.26. The molecule has 5 aromatic carbocycles. The van der Waals surface area contributed by atoms with Crippen molar-refractivity contribution >= 4 is 33.5 Å². The van der Waals surface area contributed by atoms with E-state index in [-0.39, 0.29) is 30.6 Å². The van der Waals surface area contributed by atoms with E-state index in [1.807, 2.05) is 74.5 Å². The van der Waals surface area contributed by atoms with Gasteiger partial charge in [-0.3, -0.25) is 0 Å². The average Bonchev–Trinajstić information content (AvgIpc) is 3.12. The van der Waals surface area contributed by atoms with Gasteiger partial charge < -0.3 is 18.9 Å². The summed E-state index contributed by atoms with van der Waals surface area (Å²) in [7, 11) is 0. The molecule has 5 rings (SSSR count). The van der Waals surface area contributed by atoms with Gasteiger partial charge >= 0.3 is 11.9 Å². The summed E-state index contributed by atoms with van der Waals surface area (Å²) in [6, 6.07) is 32.5. The van der Waals surface area contributed by atoms with Gasteiger partial charge in [-0.1, -0.05) is 107 Å². The fourth-order valence-corrected chi connectivity index (χ4v) is 5.45. The molecule has 6 nitrogen and oxygen atoms in total. The zero-order chi connectivity index (χ0) is 33.4. The van der Waals surface area contributed by atoms with Gasteiger partial charge in [0.1, 0.15) is 36.9 Å². The van der Waals surface area contributed by atoms with Crippen LogP contribution in [0.15, 0.2) is 103 Å². The molecule has 0 bridgehead atoms. The molecular formula is C41H44O6. The van der Waals surface area contributed by atoms with Crippen LogP contribution in [0.2, 0.25) is 0 Å². The molecule has 244 valence electrons. The van der Waals surface area contributed by atoms with Gasteiger partial charge in [-0.15, -0.1) is 0 Å². The van der Waals surface area contributed by atoms with E-state index in [1.54, 1.807) is 24.3 Å². The smallest absolute Gasteiger partial charge is 0.338 e. The topological polar surface area (TPSA) is 71.1 Å². The Balaban J connectivity index is 1.50. The van der Waals surface area contributed by atoms with Crippen molar-refractivity contribution in [2.75, 3.05) is 13.2 Å². The van der Waals surface area contributed by atoms with Crippen LogP contribution in [0.25, 0.3) is 21.5 Å². The first kappa shape index (κ1) is 33.5. The fraction of sp³-hybridized carbons (Fsp3) is 0.317. The van der Waals surface area contributed by atoms with Gasteiger partial charge in [0.15, 0.2) is 0 Å². The van der Waals surface area contributed by atoms with E-state index < -0.39 is 12.2 Å². The highest BCUT2D eigenvalue weighted by Gasteiger charge is 2.24. The van der Waals surface area contributed by atoms with Crippen molar-refractivity contribution in [1.29, 1.82) is 0 Å². The van der Waals surface area contributed by atoms with Crippen LogP contribution in [0.1, 0.15) is 80.2 Å². The second-order valence-corrected chi connectivity index (χ2v) is 12.4. The molecule has 0 aliphatic carbocycles. The molecule has 2 unspecified atom stereocenters. The van der Waals surface area contributed by atoms with Crippen molar-refractivity contribution in [3.63, 3.8) is 0 Å². The number of hydrogen-bond donors (Lipinski definition) is 0. The minimum absolute atomic E-state index is 0.0613. The SMILES string of the molecule is CCC(COc1c2ccccc2c(OCC(CC)OC(=O)c2ccccc2)c2cc(C(C)(C)CC)ccc12)OC(=O)c1ccccc1. The van der Waals surface area contributed by atoms with Gasteiger partial charge in [0.25, 0.3) is 0 Å². The molecule has 0 aliphatic heterocycles. The molecule has 0 radical (unpaired) electrons. The van der Waals surface area contributed by atoms with Crippen LogP contribution < -0.4 is 9.47 Å². The molecule has 0 aromatic heterocycles. The Morgan fingerprint density at radius 2 is 1.00 bits per heavy atom. The molecule has 0 amide bonds. The van der Waals surface area contributed by atoms with Gasteiger partial charge in [-0.05, 0) is 60.6 Å². The summed E-state index contributed by atoms with van der Waals surface area (Å²) >= 11 is 0. The van der Waals surface area contributed by atoms with Gasteiger partial charge in [0.05, 0.1) is 11.1 Å². The molecule has 0 fully saturated rings. The third kappa shape index (κ3) is 7.76. The predicted molar refractivity (Wildman–Crippen MR) is 188 cm³/mol. The Morgan fingerprint density at radius 1 is 0.574 bits per heavy atom. The summed E-state index contributed by atoms with van der Waals surface area (Å²) < 4.78 is 24.9. The average molecular weight is 633 g/mol. The Labute approximate surface area is 277 Å². The van der Waals surface area contributed by atoms with E-state index >= 15 is 0 Å². The van der Waals surface area contributed by atoms with E-state index in [4.69, 9.17) is 18.9 Å². The number of carbonyl (C=O) groups is 2. The largest absolute Gasteiger partial charge is 0.488 e. The van der Waals surface area contributed by atoms with Crippen LogP contribution in [0.3, 0.4) is 0 Å². The van der Waals surface area contributed by atoms with Crippen LogP contribution in [-0.2, 0) is 14.9 Å². The normalized spacial score (nSPS) is 12.8. The van der Waals surface area contributed by atoms with Crippen molar-refractivity contribution < 1.29 is 28.5 Å². The third-order valence-electron chi connectivity index (χ3n) is 8.89. The first-order valence-corrected chi connectivity index (χ1v) is 16.5. The summed E-state index contributed by atoms with van der Waals surface area (Å²) in [6.07, 6.45) is 1.29. The highest BCUT2D eigenvalue weighted by Crippen LogP contribution is 2.44. The molecule has 0 spiro atoms. The Morgan fingerprint density at radius 3 is 1.45 bits per heavy atom. The maximum atomic E-state index is 12.9. The van der Waals surface area contributed by atoms with Crippen LogP contribution in [-0.4, -0.2) is 37.4 Å². The van der Waals surface area contributed by atoms with Crippen molar-refractivity contribution in [3.8, 4) is 11.5 Å². The number of ether oxygens (including phenoxy) is 4. The number of fused-ring (bicyclic) bond motifs is 2. The standard InChI is InChI=1S/C41H44O6/c1-6-31(46-39(42)28-17-11-9-12-18-28)26-44-37-33-21-15-16-22-34(33)38(36-25-30(23-24-35(36)37)41(4,5)8-3)45-27-32(7-2)47-40(43)29-19-13-10-14-20-29/h9-25,31-32H,6-8,26-27H2,1-5H3. The number of rotatable bonds is 14. The maximum absolute atomic E-state index is 12.9. The number of benzene rings is 5. The Hall–Kier alpha value is -4.84. The summed E-state index contributed by atoms with van der Waals surface area (Å²) in [5, 5.41) is 3.58. The lowest BCUT2D eigenvalue weighted by atomic mass is 9.81. The van der Waals surface area contributed by atoms with E-state index in [0.29, 0.717) is 35.5 Å². The van der Waals surface area contributed by atoms with Crippen LogP contribution in [0.5, 0.6) is 11.5 Å². The van der Waals surface area contributed by atoms with Gasteiger partial charge in [-0.2, -0.15) is 0 Å².